The van der Waals surface area contributed by atoms with Crippen LogP contribution in [-0.4, -0.2) is 75.4 Å². The van der Waals surface area contributed by atoms with Crippen LogP contribution in [0.15, 0.2) is 42.6 Å². The third-order valence-corrected chi connectivity index (χ3v) is 5.24. The number of hydrogen-bond donors (Lipinski definition) is 0. The SMILES string of the molecule is CN(C/C=C/c1ccccc1)CCn1cc(C(=O)N2CCSCC2)nn1. The van der Waals surface area contributed by atoms with Gasteiger partial charge in [0.25, 0.3) is 5.91 Å². The van der Waals surface area contributed by atoms with Gasteiger partial charge in [0.1, 0.15) is 0 Å². The zero-order chi connectivity index (χ0) is 18.2. The van der Waals surface area contributed by atoms with E-state index in [4.69, 9.17) is 0 Å². The second kappa shape index (κ2) is 9.54. The van der Waals surface area contributed by atoms with Crippen LogP contribution in [0.5, 0.6) is 0 Å². The number of rotatable bonds is 7. The molecule has 1 aliphatic heterocycles. The van der Waals surface area contributed by atoms with Gasteiger partial charge < -0.3 is 9.80 Å². The predicted molar refractivity (Wildman–Crippen MR) is 106 cm³/mol. The van der Waals surface area contributed by atoms with Crippen molar-refractivity contribution in [2.75, 3.05) is 44.7 Å². The minimum Gasteiger partial charge on any atom is -0.336 e. The van der Waals surface area contributed by atoms with E-state index in [1.165, 1.54) is 5.56 Å². The molecule has 0 unspecified atom stereocenters. The summed E-state index contributed by atoms with van der Waals surface area (Å²) < 4.78 is 1.75. The van der Waals surface area contributed by atoms with Crippen molar-refractivity contribution in [2.24, 2.45) is 0 Å². The van der Waals surface area contributed by atoms with Gasteiger partial charge in [-0.1, -0.05) is 47.7 Å². The number of carbonyl (C=O) groups is 1. The lowest BCUT2D eigenvalue weighted by atomic mass is 10.2. The van der Waals surface area contributed by atoms with Crippen molar-refractivity contribution in [2.45, 2.75) is 6.54 Å². The molecule has 0 N–H and O–H groups in total. The maximum absolute atomic E-state index is 12.4. The molecule has 0 radical (unpaired) electrons. The summed E-state index contributed by atoms with van der Waals surface area (Å²) in [5, 5.41) is 8.15. The molecule has 1 saturated heterocycles. The zero-order valence-corrected chi connectivity index (χ0v) is 15.9. The molecule has 7 heteroatoms. The molecule has 0 saturated carbocycles. The summed E-state index contributed by atoms with van der Waals surface area (Å²) in [5.74, 6) is 2.00. The van der Waals surface area contributed by atoms with E-state index in [-0.39, 0.29) is 5.91 Å². The monoisotopic (exact) mass is 371 g/mol. The van der Waals surface area contributed by atoms with Crippen molar-refractivity contribution in [3.8, 4) is 0 Å². The first-order valence-corrected chi connectivity index (χ1v) is 10.0. The topological polar surface area (TPSA) is 54.3 Å². The van der Waals surface area contributed by atoms with E-state index in [2.05, 4.69) is 46.5 Å². The molecule has 0 atom stereocenters. The fraction of sp³-hybridized carbons (Fsp3) is 0.421. The molecule has 26 heavy (non-hydrogen) atoms. The number of likely N-dealkylation sites (N-methyl/N-ethyl adjacent to an activating group) is 1. The summed E-state index contributed by atoms with van der Waals surface area (Å²) in [4.78, 5) is 16.5. The molecule has 2 heterocycles. The summed E-state index contributed by atoms with van der Waals surface area (Å²) in [6, 6.07) is 10.3. The van der Waals surface area contributed by atoms with Gasteiger partial charge in [-0.25, -0.2) is 0 Å². The van der Waals surface area contributed by atoms with E-state index in [1.54, 1.807) is 10.9 Å². The standard InChI is InChI=1S/C19H25N5OS/c1-22(9-5-8-17-6-3-2-4-7-17)10-11-24-16-18(20-21-24)19(25)23-12-14-26-15-13-23/h2-8,16H,9-15H2,1H3/b8-5+. The van der Waals surface area contributed by atoms with Gasteiger partial charge in [0, 0.05) is 37.7 Å². The Morgan fingerprint density at radius 3 is 2.81 bits per heavy atom. The first-order chi connectivity index (χ1) is 12.7. The Hall–Kier alpha value is -2.12. The average Bonchev–Trinajstić information content (AvgIpc) is 3.16. The van der Waals surface area contributed by atoms with Crippen LogP contribution >= 0.6 is 11.8 Å². The predicted octanol–water partition coefficient (Wildman–Crippen LogP) is 2.11. The van der Waals surface area contributed by atoms with Crippen LogP contribution in [0.4, 0.5) is 0 Å². The highest BCUT2D eigenvalue weighted by atomic mass is 32.2. The minimum absolute atomic E-state index is 0.00398. The van der Waals surface area contributed by atoms with E-state index in [9.17, 15) is 4.79 Å². The summed E-state index contributed by atoms with van der Waals surface area (Å²) in [5.41, 5.74) is 1.65. The van der Waals surface area contributed by atoms with Crippen molar-refractivity contribution >= 4 is 23.7 Å². The number of carbonyl (C=O) groups excluding carboxylic acids is 1. The average molecular weight is 372 g/mol. The number of hydrogen-bond acceptors (Lipinski definition) is 5. The van der Waals surface area contributed by atoms with Gasteiger partial charge in [0.15, 0.2) is 5.69 Å². The molecule has 138 valence electrons. The smallest absolute Gasteiger partial charge is 0.276 e. The Kier molecular flexibility index (Phi) is 6.85. The molecule has 2 aromatic rings. The van der Waals surface area contributed by atoms with Crippen LogP contribution in [0, 0.1) is 0 Å². The van der Waals surface area contributed by atoms with E-state index in [0.717, 1.165) is 37.7 Å². The second-order valence-corrected chi connectivity index (χ2v) is 7.57. The van der Waals surface area contributed by atoms with Gasteiger partial charge >= 0.3 is 0 Å². The number of benzene rings is 1. The third-order valence-electron chi connectivity index (χ3n) is 4.29. The molecular formula is C19H25N5OS. The van der Waals surface area contributed by atoms with E-state index in [0.29, 0.717) is 12.2 Å². The summed E-state index contributed by atoms with van der Waals surface area (Å²) in [7, 11) is 2.07. The number of thioether (sulfide) groups is 1. The van der Waals surface area contributed by atoms with Crippen molar-refractivity contribution < 1.29 is 4.79 Å². The van der Waals surface area contributed by atoms with Crippen LogP contribution in [0.3, 0.4) is 0 Å². The van der Waals surface area contributed by atoms with Crippen molar-refractivity contribution in [1.29, 1.82) is 0 Å². The van der Waals surface area contributed by atoms with E-state index < -0.39 is 0 Å². The molecule has 1 aliphatic rings. The van der Waals surface area contributed by atoms with Crippen LogP contribution in [-0.2, 0) is 6.54 Å². The molecule has 3 rings (SSSR count). The van der Waals surface area contributed by atoms with Crippen LogP contribution in [0.25, 0.3) is 6.08 Å². The highest BCUT2D eigenvalue weighted by Crippen LogP contribution is 2.11. The van der Waals surface area contributed by atoms with E-state index >= 15 is 0 Å². The van der Waals surface area contributed by atoms with Gasteiger partial charge in [-0.3, -0.25) is 9.48 Å². The molecule has 6 nitrogen and oxygen atoms in total. The lowest BCUT2D eigenvalue weighted by Crippen LogP contribution is -2.38. The Labute approximate surface area is 158 Å². The fourth-order valence-corrected chi connectivity index (χ4v) is 3.63. The maximum Gasteiger partial charge on any atom is 0.276 e. The van der Waals surface area contributed by atoms with Gasteiger partial charge in [0.05, 0.1) is 12.7 Å². The molecule has 1 amide bonds. The molecule has 1 fully saturated rings. The second-order valence-electron chi connectivity index (χ2n) is 6.35. The first kappa shape index (κ1) is 18.7. The minimum atomic E-state index is -0.00398. The normalized spacial score (nSPS) is 15.1. The van der Waals surface area contributed by atoms with Crippen molar-refractivity contribution in [3.63, 3.8) is 0 Å². The van der Waals surface area contributed by atoms with Gasteiger partial charge in [-0.2, -0.15) is 11.8 Å². The lowest BCUT2D eigenvalue weighted by molar-refractivity contribution is 0.0766. The quantitative estimate of drug-likeness (QED) is 0.746. The summed E-state index contributed by atoms with van der Waals surface area (Å²) in [6.45, 7) is 4.02. The van der Waals surface area contributed by atoms with Crippen LogP contribution in [0.1, 0.15) is 16.1 Å². The highest BCUT2D eigenvalue weighted by Gasteiger charge is 2.21. The fourth-order valence-electron chi connectivity index (χ4n) is 2.73. The number of amides is 1. The Morgan fingerprint density at radius 2 is 2.04 bits per heavy atom. The third kappa shape index (κ3) is 5.44. The van der Waals surface area contributed by atoms with Crippen molar-refractivity contribution in [3.05, 3.63) is 53.9 Å². The molecule has 0 bridgehead atoms. The molecule has 0 aliphatic carbocycles. The summed E-state index contributed by atoms with van der Waals surface area (Å²) in [6.07, 6.45) is 6.04. The lowest BCUT2D eigenvalue weighted by Gasteiger charge is -2.25. The number of nitrogens with zero attached hydrogens (tertiary/aromatic N) is 5. The van der Waals surface area contributed by atoms with Crippen molar-refractivity contribution in [1.82, 2.24) is 24.8 Å². The van der Waals surface area contributed by atoms with E-state index in [1.807, 2.05) is 34.9 Å². The first-order valence-electron chi connectivity index (χ1n) is 8.89. The van der Waals surface area contributed by atoms with Crippen LogP contribution in [0.2, 0.25) is 0 Å². The largest absolute Gasteiger partial charge is 0.336 e. The molecule has 1 aromatic carbocycles. The van der Waals surface area contributed by atoms with Gasteiger partial charge in [-0.05, 0) is 12.6 Å². The van der Waals surface area contributed by atoms with Crippen LogP contribution < -0.4 is 0 Å². The van der Waals surface area contributed by atoms with Gasteiger partial charge in [0.2, 0.25) is 0 Å². The molecule has 0 spiro atoms. The van der Waals surface area contributed by atoms with Gasteiger partial charge in [-0.15, -0.1) is 5.10 Å². The Balaban J connectivity index is 1.44. The molecule has 1 aromatic heterocycles. The zero-order valence-electron chi connectivity index (χ0n) is 15.1. The highest BCUT2D eigenvalue weighted by molar-refractivity contribution is 7.99. The number of aromatic nitrogens is 3. The Bertz CT molecular complexity index is 725. The Morgan fingerprint density at radius 1 is 1.27 bits per heavy atom. The molecular weight excluding hydrogens is 346 g/mol. The maximum atomic E-state index is 12.4. The summed E-state index contributed by atoms with van der Waals surface area (Å²) >= 11 is 1.89.